The standard InChI is InChI=1S/C10H7N2S/c13-9-5-2-1-4-8(9)10-11-6-3-7-12-10/h1-4,6-8H. The molecule has 0 fully saturated rings. The van der Waals surface area contributed by atoms with Gasteiger partial charge in [0, 0.05) is 17.3 Å². The second-order valence-electron chi connectivity index (χ2n) is 2.64. The van der Waals surface area contributed by atoms with Gasteiger partial charge in [-0.1, -0.05) is 30.4 Å². The van der Waals surface area contributed by atoms with E-state index in [1.54, 1.807) is 18.5 Å². The lowest BCUT2D eigenvalue weighted by molar-refractivity contribution is 0.942. The predicted molar refractivity (Wildman–Crippen MR) is 54.3 cm³/mol. The van der Waals surface area contributed by atoms with Crippen LogP contribution in [0.4, 0.5) is 0 Å². The molecule has 1 aliphatic rings. The zero-order valence-electron chi connectivity index (χ0n) is 6.84. The quantitative estimate of drug-likeness (QED) is 0.627. The van der Waals surface area contributed by atoms with E-state index < -0.39 is 0 Å². The number of rotatable bonds is 1. The number of nitrogens with zero attached hydrogens (tertiary/aromatic N) is 2. The summed E-state index contributed by atoms with van der Waals surface area (Å²) in [5.74, 6) is 0.755. The fraction of sp³-hybridized carbons (Fsp3) is 0.100. The minimum absolute atomic E-state index is 0.0150. The molecule has 0 spiro atoms. The van der Waals surface area contributed by atoms with Crippen LogP contribution in [0.2, 0.25) is 0 Å². The lowest BCUT2D eigenvalue weighted by Gasteiger charge is -2.11. The summed E-state index contributed by atoms with van der Waals surface area (Å²) in [4.78, 5) is 9.04. The first-order valence-corrected chi connectivity index (χ1v) is 4.36. The number of hydrogen-bond acceptors (Lipinski definition) is 3. The average Bonchev–Trinajstić information content (AvgIpc) is 2.20. The summed E-state index contributed by atoms with van der Waals surface area (Å²) in [5.41, 5.74) is 0. The summed E-state index contributed by atoms with van der Waals surface area (Å²) in [6.45, 7) is 0. The topological polar surface area (TPSA) is 25.8 Å². The van der Waals surface area contributed by atoms with Crippen molar-refractivity contribution in [2.24, 2.45) is 0 Å². The Hall–Kier alpha value is -1.35. The molecular weight excluding hydrogens is 180 g/mol. The van der Waals surface area contributed by atoms with Crippen molar-refractivity contribution in [2.75, 3.05) is 0 Å². The van der Waals surface area contributed by atoms with E-state index in [-0.39, 0.29) is 5.92 Å². The lowest BCUT2D eigenvalue weighted by Crippen LogP contribution is -2.11. The van der Waals surface area contributed by atoms with Gasteiger partial charge in [-0.15, -0.1) is 0 Å². The van der Waals surface area contributed by atoms with Gasteiger partial charge < -0.3 is 0 Å². The van der Waals surface area contributed by atoms with Crippen LogP contribution in [0.1, 0.15) is 11.7 Å². The molecule has 1 radical (unpaired) electrons. The molecule has 0 saturated carbocycles. The largest absolute Gasteiger partial charge is 0.240 e. The summed E-state index contributed by atoms with van der Waals surface area (Å²) in [5, 5.41) is 0. The Balaban J connectivity index is 2.32. The van der Waals surface area contributed by atoms with Gasteiger partial charge in [0.2, 0.25) is 0 Å². The third-order valence-corrected chi connectivity index (χ3v) is 2.14. The van der Waals surface area contributed by atoms with E-state index in [1.807, 2.05) is 18.2 Å². The molecule has 1 aromatic rings. The van der Waals surface area contributed by atoms with Crippen molar-refractivity contribution in [1.82, 2.24) is 9.97 Å². The smallest absolute Gasteiger partial charge is 0.140 e. The summed E-state index contributed by atoms with van der Waals surface area (Å²) in [6, 6.07) is 1.79. The molecule has 1 aliphatic carbocycles. The Bertz CT molecular complexity index is 368. The third-order valence-electron chi connectivity index (χ3n) is 1.77. The van der Waals surface area contributed by atoms with Crippen molar-refractivity contribution in [3.8, 4) is 0 Å². The number of thiocarbonyl (C=S) groups is 1. The highest BCUT2D eigenvalue weighted by Crippen LogP contribution is 2.18. The molecule has 0 aromatic carbocycles. The first-order chi connectivity index (χ1) is 6.38. The van der Waals surface area contributed by atoms with E-state index in [1.165, 1.54) is 0 Å². The van der Waals surface area contributed by atoms with Crippen LogP contribution in [0, 0.1) is 6.08 Å². The fourth-order valence-corrected chi connectivity index (χ4v) is 1.40. The van der Waals surface area contributed by atoms with Crippen molar-refractivity contribution >= 4 is 17.1 Å². The average molecular weight is 187 g/mol. The molecule has 2 rings (SSSR count). The van der Waals surface area contributed by atoms with Gasteiger partial charge in [0.1, 0.15) is 5.82 Å². The Morgan fingerprint density at radius 3 is 2.77 bits per heavy atom. The van der Waals surface area contributed by atoms with Crippen molar-refractivity contribution in [3.63, 3.8) is 0 Å². The highest BCUT2D eigenvalue weighted by atomic mass is 32.1. The van der Waals surface area contributed by atoms with Crippen molar-refractivity contribution in [2.45, 2.75) is 5.92 Å². The molecule has 63 valence electrons. The van der Waals surface area contributed by atoms with Crippen LogP contribution in [0.25, 0.3) is 0 Å². The van der Waals surface area contributed by atoms with Gasteiger partial charge in [-0.25, -0.2) is 9.97 Å². The molecule has 1 atom stereocenters. The van der Waals surface area contributed by atoms with E-state index in [0.717, 1.165) is 10.7 Å². The van der Waals surface area contributed by atoms with Gasteiger partial charge in [0.05, 0.1) is 5.92 Å². The van der Waals surface area contributed by atoms with Crippen LogP contribution in [-0.2, 0) is 0 Å². The van der Waals surface area contributed by atoms with Crippen LogP contribution in [0.3, 0.4) is 0 Å². The molecule has 0 bridgehead atoms. The second-order valence-corrected chi connectivity index (χ2v) is 3.08. The Kier molecular flexibility index (Phi) is 2.27. The van der Waals surface area contributed by atoms with Crippen LogP contribution >= 0.6 is 12.2 Å². The first kappa shape index (κ1) is 8.26. The third kappa shape index (κ3) is 1.70. The zero-order chi connectivity index (χ0) is 9.10. The number of aromatic nitrogens is 2. The maximum Gasteiger partial charge on any atom is 0.140 e. The Labute approximate surface area is 82.0 Å². The van der Waals surface area contributed by atoms with E-state index in [9.17, 15) is 0 Å². The van der Waals surface area contributed by atoms with Gasteiger partial charge in [-0.05, 0) is 12.1 Å². The molecular formula is C10H7N2S. The molecule has 13 heavy (non-hydrogen) atoms. The molecule has 0 aliphatic heterocycles. The number of hydrogen-bond donors (Lipinski definition) is 0. The van der Waals surface area contributed by atoms with Gasteiger partial charge in [-0.3, -0.25) is 0 Å². The molecule has 2 nitrogen and oxygen atoms in total. The van der Waals surface area contributed by atoms with Gasteiger partial charge >= 0.3 is 0 Å². The molecule has 1 unspecified atom stereocenters. The summed E-state index contributed by atoms with van der Waals surface area (Å²) in [7, 11) is 0. The zero-order valence-corrected chi connectivity index (χ0v) is 7.66. The van der Waals surface area contributed by atoms with Crippen LogP contribution in [-0.4, -0.2) is 14.8 Å². The molecule has 1 aromatic heterocycles. The molecule has 0 saturated heterocycles. The minimum atomic E-state index is 0.0150. The summed E-state index contributed by atoms with van der Waals surface area (Å²) < 4.78 is 0. The van der Waals surface area contributed by atoms with E-state index in [0.29, 0.717) is 0 Å². The minimum Gasteiger partial charge on any atom is -0.240 e. The SMILES string of the molecule is S=C1[C]=CC=CC1c1ncccn1. The number of allylic oxidation sites excluding steroid dienone is 4. The molecule has 3 heteroatoms. The Morgan fingerprint density at radius 2 is 2.08 bits per heavy atom. The summed E-state index contributed by atoms with van der Waals surface area (Å²) >= 11 is 5.14. The monoisotopic (exact) mass is 187 g/mol. The Morgan fingerprint density at radius 1 is 1.31 bits per heavy atom. The van der Waals surface area contributed by atoms with Crippen LogP contribution in [0.15, 0.2) is 36.7 Å². The van der Waals surface area contributed by atoms with Crippen molar-refractivity contribution in [3.05, 3.63) is 48.6 Å². The highest BCUT2D eigenvalue weighted by Gasteiger charge is 2.15. The van der Waals surface area contributed by atoms with Crippen LogP contribution < -0.4 is 0 Å². The summed E-state index contributed by atoms with van der Waals surface area (Å²) in [6.07, 6.45) is 12.1. The maximum absolute atomic E-state index is 5.14. The van der Waals surface area contributed by atoms with E-state index in [2.05, 4.69) is 16.0 Å². The second kappa shape index (κ2) is 3.58. The van der Waals surface area contributed by atoms with Crippen LogP contribution in [0.5, 0.6) is 0 Å². The predicted octanol–water partition coefficient (Wildman–Crippen LogP) is 1.86. The molecule has 0 N–H and O–H groups in total. The van der Waals surface area contributed by atoms with Gasteiger partial charge in [0.25, 0.3) is 0 Å². The van der Waals surface area contributed by atoms with Crippen molar-refractivity contribution < 1.29 is 0 Å². The van der Waals surface area contributed by atoms with Gasteiger partial charge in [-0.2, -0.15) is 0 Å². The normalized spacial score (nSPS) is 20.6. The van der Waals surface area contributed by atoms with E-state index in [4.69, 9.17) is 12.2 Å². The van der Waals surface area contributed by atoms with Gasteiger partial charge in [0.15, 0.2) is 0 Å². The molecule has 0 amide bonds. The lowest BCUT2D eigenvalue weighted by atomic mass is 10.00. The molecule has 1 heterocycles. The van der Waals surface area contributed by atoms with Crippen molar-refractivity contribution in [1.29, 1.82) is 0 Å². The van der Waals surface area contributed by atoms with E-state index >= 15 is 0 Å². The highest BCUT2D eigenvalue weighted by molar-refractivity contribution is 7.80. The fourth-order valence-electron chi connectivity index (χ4n) is 1.15. The maximum atomic E-state index is 5.14. The first-order valence-electron chi connectivity index (χ1n) is 3.95.